The molecule has 6 nitrogen and oxygen atoms in total. The molecule has 2 aliphatic rings. The first-order valence-corrected chi connectivity index (χ1v) is 9.60. The van der Waals surface area contributed by atoms with E-state index in [2.05, 4.69) is 57.8 Å². The van der Waals surface area contributed by atoms with Gasteiger partial charge in [-0.25, -0.2) is 9.98 Å². The fraction of sp³-hybridized carbons (Fsp3) is 0.500. The fourth-order valence-corrected chi connectivity index (χ4v) is 3.88. The minimum atomic E-state index is 0. The molecule has 7 heteroatoms. The van der Waals surface area contributed by atoms with Gasteiger partial charge in [0.15, 0.2) is 5.96 Å². The van der Waals surface area contributed by atoms with Crippen LogP contribution in [0, 0.1) is 6.92 Å². The van der Waals surface area contributed by atoms with Gasteiger partial charge in [0, 0.05) is 50.7 Å². The summed E-state index contributed by atoms with van der Waals surface area (Å²) < 4.78 is 2.13. The topological polar surface area (TPSA) is 48.2 Å². The highest BCUT2D eigenvalue weighted by Gasteiger charge is 2.29. The SMILES string of the molecule is CCNC(=NCc1cn2c(C)cccc2n1)N1CCC(N2CC=CC2)C1.I. The molecule has 0 aromatic carbocycles. The Labute approximate surface area is 178 Å². The molecule has 0 amide bonds. The number of aryl methyl sites for hydroxylation is 1. The predicted molar refractivity (Wildman–Crippen MR) is 121 cm³/mol. The van der Waals surface area contributed by atoms with E-state index >= 15 is 0 Å². The number of aliphatic imine (C=N–C) groups is 1. The number of hydrogen-bond acceptors (Lipinski definition) is 3. The number of nitrogens with one attached hydrogen (secondary N) is 1. The Morgan fingerprint density at radius 2 is 2.11 bits per heavy atom. The smallest absolute Gasteiger partial charge is 0.194 e. The van der Waals surface area contributed by atoms with Crippen molar-refractivity contribution in [3.8, 4) is 0 Å². The van der Waals surface area contributed by atoms with Crippen molar-refractivity contribution in [3.63, 3.8) is 0 Å². The zero-order chi connectivity index (χ0) is 17.9. The van der Waals surface area contributed by atoms with E-state index in [1.165, 1.54) is 12.1 Å². The van der Waals surface area contributed by atoms with Crippen molar-refractivity contribution in [2.75, 3.05) is 32.7 Å². The molecular formula is C20H29IN6. The first-order chi connectivity index (χ1) is 12.7. The van der Waals surface area contributed by atoms with Crippen LogP contribution < -0.4 is 5.32 Å². The maximum Gasteiger partial charge on any atom is 0.194 e. The molecule has 0 bridgehead atoms. The fourth-order valence-electron chi connectivity index (χ4n) is 3.88. The molecule has 2 aromatic heterocycles. The molecule has 1 saturated heterocycles. The molecule has 2 aromatic rings. The van der Waals surface area contributed by atoms with Crippen LogP contribution in [-0.2, 0) is 6.54 Å². The maximum absolute atomic E-state index is 4.87. The molecule has 1 N–H and O–H groups in total. The third-order valence-corrected chi connectivity index (χ3v) is 5.30. The minimum absolute atomic E-state index is 0. The monoisotopic (exact) mass is 480 g/mol. The molecule has 0 spiro atoms. The summed E-state index contributed by atoms with van der Waals surface area (Å²) in [5, 5.41) is 3.46. The van der Waals surface area contributed by atoms with E-state index in [0.717, 1.165) is 50.0 Å². The van der Waals surface area contributed by atoms with Gasteiger partial charge in [0.1, 0.15) is 5.65 Å². The number of rotatable bonds is 4. The largest absolute Gasteiger partial charge is 0.357 e. The van der Waals surface area contributed by atoms with E-state index in [9.17, 15) is 0 Å². The van der Waals surface area contributed by atoms with Gasteiger partial charge in [-0.05, 0) is 32.4 Å². The first-order valence-electron chi connectivity index (χ1n) is 9.60. The van der Waals surface area contributed by atoms with Crippen molar-refractivity contribution in [2.24, 2.45) is 4.99 Å². The highest BCUT2D eigenvalue weighted by Crippen LogP contribution is 2.18. The van der Waals surface area contributed by atoms with Gasteiger partial charge in [0.05, 0.1) is 12.2 Å². The number of guanidine groups is 1. The zero-order valence-electron chi connectivity index (χ0n) is 16.1. The summed E-state index contributed by atoms with van der Waals surface area (Å²) in [4.78, 5) is 14.5. The molecule has 4 heterocycles. The van der Waals surface area contributed by atoms with Gasteiger partial charge < -0.3 is 14.6 Å². The average Bonchev–Trinajstić information content (AvgIpc) is 3.38. The van der Waals surface area contributed by atoms with Gasteiger partial charge in [0.25, 0.3) is 0 Å². The summed E-state index contributed by atoms with van der Waals surface area (Å²) >= 11 is 0. The molecule has 0 saturated carbocycles. The maximum atomic E-state index is 4.87. The molecule has 146 valence electrons. The number of nitrogens with zero attached hydrogens (tertiary/aromatic N) is 5. The highest BCUT2D eigenvalue weighted by atomic mass is 127. The van der Waals surface area contributed by atoms with Crippen LogP contribution in [0.5, 0.6) is 0 Å². The van der Waals surface area contributed by atoms with Crippen LogP contribution in [0.4, 0.5) is 0 Å². The normalized spacial score (nSPS) is 20.4. The number of likely N-dealkylation sites (tertiary alicyclic amines) is 1. The lowest BCUT2D eigenvalue weighted by Gasteiger charge is -2.25. The second-order valence-corrected chi connectivity index (χ2v) is 7.11. The predicted octanol–water partition coefficient (Wildman–Crippen LogP) is 2.67. The molecule has 2 aliphatic heterocycles. The Morgan fingerprint density at radius 1 is 1.30 bits per heavy atom. The van der Waals surface area contributed by atoms with Crippen molar-refractivity contribution in [3.05, 3.63) is 47.9 Å². The van der Waals surface area contributed by atoms with E-state index in [0.29, 0.717) is 12.6 Å². The van der Waals surface area contributed by atoms with Gasteiger partial charge in [0.2, 0.25) is 0 Å². The van der Waals surface area contributed by atoms with E-state index < -0.39 is 0 Å². The molecule has 1 atom stereocenters. The summed E-state index contributed by atoms with van der Waals surface area (Å²) in [6, 6.07) is 6.82. The Bertz CT molecular complexity index is 819. The van der Waals surface area contributed by atoms with Gasteiger partial charge in [-0.1, -0.05) is 18.2 Å². The standard InChI is InChI=1S/C20H28N6.HI/c1-3-21-20(25-12-9-18(15-25)24-10-4-5-11-24)22-13-17-14-26-16(2)7-6-8-19(26)23-17;/h4-8,14,18H,3,9-13,15H2,1-2H3,(H,21,22);1H. The Hall–Kier alpha value is -1.61. The van der Waals surface area contributed by atoms with Crippen molar-refractivity contribution >= 4 is 35.6 Å². The number of hydrogen-bond donors (Lipinski definition) is 1. The second kappa shape index (κ2) is 9.05. The van der Waals surface area contributed by atoms with Crippen molar-refractivity contribution in [1.82, 2.24) is 24.5 Å². The minimum Gasteiger partial charge on any atom is -0.357 e. The zero-order valence-corrected chi connectivity index (χ0v) is 18.5. The van der Waals surface area contributed by atoms with Crippen LogP contribution in [0.3, 0.4) is 0 Å². The molecule has 0 aliphatic carbocycles. The molecule has 0 radical (unpaired) electrons. The van der Waals surface area contributed by atoms with Crippen molar-refractivity contribution in [2.45, 2.75) is 32.9 Å². The third kappa shape index (κ3) is 4.45. The summed E-state index contributed by atoms with van der Waals surface area (Å²) in [5.74, 6) is 1.01. The Balaban J connectivity index is 0.00000210. The lowest BCUT2D eigenvalue weighted by molar-refractivity contribution is 0.259. The van der Waals surface area contributed by atoms with E-state index in [4.69, 9.17) is 9.98 Å². The number of fused-ring (bicyclic) bond motifs is 1. The average molecular weight is 480 g/mol. The number of pyridine rings is 1. The molecule has 4 rings (SSSR count). The quantitative estimate of drug-likeness (QED) is 0.317. The van der Waals surface area contributed by atoms with Crippen molar-refractivity contribution < 1.29 is 0 Å². The van der Waals surface area contributed by atoms with Crippen molar-refractivity contribution in [1.29, 1.82) is 0 Å². The summed E-state index contributed by atoms with van der Waals surface area (Å²) in [6.07, 6.45) is 7.85. The van der Waals surface area contributed by atoms with Gasteiger partial charge in [-0.3, -0.25) is 4.90 Å². The van der Waals surface area contributed by atoms with Gasteiger partial charge >= 0.3 is 0 Å². The summed E-state index contributed by atoms with van der Waals surface area (Å²) in [7, 11) is 0. The van der Waals surface area contributed by atoms with Crippen LogP contribution >= 0.6 is 24.0 Å². The molecule has 1 unspecified atom stereocenters. The van der Waals surface area contributed by atoms with Crippen LogP contribution in [0.25, 0.3) is 5.65 Å². The lowest BCUT2D eigenvalue weighted by atomic mass is 10.2. The summed E-state index contributed by atoms with van der Waals surface area (Å²) in [6.45, 7) is 10.0. The molecule has 1 fully saturated rings. The van der Waals surface area contributed by atoms with Gasteiger partial charge in [-0.2, -0.15) is 0 Å². The van der Waals surface area contributed by atoms with Crippen LogP contribution in [0.1, 0.15) is 24.7 Å². The van der Waals surface area contributed by atoms with Gasteiger partial charge in [-0.15, -0.1) is 24.0 Å². The van der Waals surface area contributed by atoms with Crippen LogP contribution in [0.15, 0.2) is 41.5 Å². The van der Waals surface area contributed by atoms with Crippen LogP contribution in [-0.4, -0.2) is 63.9 Å². The molecular weight excluding hydrogens is 451 g/mol. The van der Waals surface area contributed by atoms with E-state index in [1.807, 2.05) is 12.1 Å². The highest BCUT2D eigenvalue weighted by molar-refractivity contribution is 14.0. The third-order valence-electron chi connectivity index (χ3n) is 5.30. The Kier molecular flexibility index (Phi) is 6.75. The van der Waals surface area contributed by atoms with E-state index in [-0.39, 0.29) is 24.0 Å². The lowest BCUT2D eigenvalue weighted by Crippen LogP contribution is -2.42. The van der Waals surface area contributed by atoms with E-state index in [1.54, 1.807) is 0 Å². The number of aromatic nitrogens is 2. The summed E-state index contributed by atoms with van der Waals surface area (Å²) in [5.41, 5.74) is 3.19. The Morgan fingerprint density at radius 3 is 2.85 bits per heavy atom. The molecule has 27 heavy (non-hydrogen) atoms. The first kappa shape index (κ1) is 20.1. The number of halogens is 1. The van der Waals surface area contributed by atoms with Crippen LogP contribution in [0.2, 0.25) is 0 Å². The number of imidazole rings is 1. The second-order valence-electron chi connectivity index (χ2n) is 7.11.